The summed E-state index contributed by atoms with van der Waals surface area (Å²) >= 11 is 0. The first-order chi connectivity index (χ1) is 10.2. The van der Waals surface area contributed by atoms with Crippen molar-refractivity contribution >= 4 is 0 Å². The second-order valence-electron chi connectivity index (χ2n) is 5.03. The minimum absolute atomic E-state index is 0.639. The molecular formula is C18H17NO2. The van der Waals surface area contributed by atoms with Crippen LogP contribution in [0.3, 0.4) is 0 Å². The quantitative estimate of drug-likeness (QED) is 0.716. The summed E-state index contributed by atoms with van der Waals surface area (Å²) in [5.41, 5.74) is 3.43. The number of benzene rings is 2. The van der Waals surface area contributed by atoms with Crippen LogP contribution in [-0.4, -0.2) is 12.1 Å². The highest BCUT2D eigenvalue weighted by Gasteiger charge is 2.07. The molecule has 0 N–H and O–H groups in total. The third kappa shape index (κ3) is 3.14. The van der Waals surface area contributed by atoms with Crippen LogP contribution in [0.25, 0.3) is 11.5 Å². The van der Waals surface area contributed by atoms with E-state index in [-0.39, 0.29) is 0 Å². The van der Waals surface area contributed by atoms with Gasteiger partial charge in [-0.15, -0.1) is 0 Å². The first kappa shape index (κ1) is 13.4. The third-order valence-electron chi connectivity index (χ3n) is 3.35. The van der Waals surface area contributed by atoms with Crippen molar-refractivity contribution in [2.75, 3.05) is 7.11 Å². The Morgan fingerprint density at radius 2 is 1.90 bits per heavy atom. The average Bonchev–Trinajstić information content (AvgIpc) is 2.96. The van der Waals surface area contributed by atoms with Gasteiger partial charge in [-0.3, -0.25) is 0 Å². The fourth-order valence-corrected chi connectivity index (χ4v) is 2.28. The van der Waals surface area contributed by atoms with Crippen molar-refractivity contribution < 1.29 is 9.15 Å². The Bertz CT molecular complexity index is 729. The van der Waals surface area contributed by atoms with Gasteiger partial charge in [0.05, 0.1) is 13.3 Å². The van der Waals surface area contributed by atoms with Crippen LogP contribution in [0.4, 0.5) is 0 Å². The van der Waals surface area contributed by atoms with Crippen LogP contribution >= 0.6 is 0 Å². The van der Waals surface area contributed by atoms with E-state index in [0.717, 1.165) is 23.5 Å². The topological polar surface area (TPSA) is 35.3 Å². The molecule has 0 aliphatic heterocycles. The van der Waals surface area contributed by atoms with E-state index in [0.29, 0.717) is 5.89 Å². The largest absolute Gasteiger partial charge is 0.497 e. The number of hydrogen-bond donors (Lipinski definition) is 0. The van der Waals surface area contributed by atoms with Crippen molar-refractivity contribution in [2.24, 2.45) is 0 Å². The highest BCUT2D eigenvalue weighted by Crippen LogP contribution is 2.23. The van der Waals surface area contributed by atoms with Gasteiger partial charge in [-0.25, -0.2) is 4.98 Å². The predicted octanol–water partition coefficient (Wildman–Crippen LogP) is 4.25. The molecular weight excluding hydrogens is 262 g/mol. The fourth-order valence-electron chi connectivity index (χ4n) is 2.28. The molecule has 0 atom stereocenters. The Balaban J connectivity index is 1.79. The molecule has 3 rings (SSSR count). The summed E-state index contributed by atoms with van der Waals surface area (Å²) in [7, 11) is 1.65. The molecule has 0 radical (unpaired) electrons. The molecule has 3 nitrogen and oxygen atoms in total. The normalized spacial score (nSPS) is 10.6. The van der Waals surface area contributed by atoms with E-state index >= 15 is 0 Å². The summed E-state index contributed by atoms with van der Waals surface area (Å²) in [4.78, 5) is 4.35. The van der Waals surface area contributed by atoms with E-state index in [1.165, 1.54) is 11.1 Å². The maximum Gasteiger partial charge on any atom is 0.226 e. The molecule has 3 heteroatoms. The first-order valence-corrected chi connectivity index (χ1v) is 6.89. The average molecular weight is 279 g/mol. The molecule has 0 spiro atoms. The molecule has 0 bridgehead atoms. The van der Waals surface area contributed by atoms with Crippen molar-refractivity contribution in [2.45, 2.75) is 13.3 Å². The van der Waals surface area contributed by atoms with Crippen LogP contribution in [0.2, 0.25) is 0 Å². The van der Waals surface area contributed by atoms with E-state index in [4.69, 9.17) is 9.15 Å². The SMILES string of the molecule is COc1ccc(-c2ncc(Cc3cccc(C)c3)o2)cc1. The summed E-state index contributed by atoms with van der Waals surface area (Å²) in [6.45, 7) is 2.09. The van der Waals surface area contributed by atoms with Gasteiger partial charge in [0.25, 0.3) is 0 Å². The van der Waals surface area contributed by atoms with E-state index in [2.05, 4.69) is 36.2 Å². The number of hydrogen-bond acceptors (Lipinski definition) is 3. The molecule has 0 saturated carbocycles. The number of nitrogens with zero attached hydrogens (tertiary/aromatic N) is 1. The molecule has 0 unspecified atom stereocenters. The first-order valence-electron chi connectivity index (χ1n) is 6.89. The van der Waals surface area contributed by atoms with Gasteiger partial charge in [0.2, 0.25) is 5.89 Å². The lowest BCUT2D eigenvalue weighted by molar-refractivity contribution is 0.415. The number of ether oxygens (including phenoxy) is 1. The van der Waals surface area contributed by atoms with Gasteiger partial charge in [0.1, 0.15) is 11.5 Å². The molecule has 0 saturated heterocycles. The third-order valence-corrected chi connectivity index (χ3v) is 3.35. The zero-order chi connectivity index (χ0) is 14.7. The van der Waals surface area contributed by atoms with E-state index in [1.54, 1.807) is 13.3 Å². The lowest BCUT2D eigenvalue weighted by atomic mass is 10.1. The molecule has 1 heterocycles. The summed E-state index contributed by atoms with van der Waals surface area (Å²) in [6, 6.07) is 16.1. The molecule has 0 aliphatic carbocycles. The summed E-state index contributed by atoms with van der Waals surface area (Å²) < 4.78 is 11.0. The molecule has 0 aliphatic rings. The second-order valence-corrected chi connectivity index (χ2v) is 5.03. The summed E-state index contributed by atoms with van der Waals surface area (Å²) in [5, 5.41) is 0. The second kappa shape index (κ2) is 5.83. The van der Waals surface area contributed by atoms with Gasteiger partial charge < -0.3 is 9.15 Å². The van der Waals surface area contributed by atoms with Crippen molar-refractivity contribution in [1.29, 1.82) is 0 Å². The van der Waals surface area contributed by atoms with Crippen LogP contribution in [0.15, 0.2) is 59.1 Å². The van der Waals surface area contributed by atoms with Gasteiger partial charge >= 0.3 is 0 Å². The maximum atomic E-state index is 5.84. The Hall–Kier alpha value is -2.55. The minimum atomic E-state index is 0.639. The standard InChI is InChI=1S/C18H17NO2/c1-13-4-3-5-14(10-13)11-17-12-19-18(21-17)15-6-8-16(20-2)9-7-15/h3-10,12H,11H2,1-2H3. The van der Waals surface area contributed by atoms with Gasteiger partial charge in [-0.1, -0.05) is 29.8 Å². The molecule has 2 aromatic carbocycles. The van der Waals surface area contributed by atoms with Crippen LogP contribution in [-0.2, 0) is 6.42 Å². The van der Waals surface area contributed by atoms with Crippen molar-refractivity contribution in [3.63, 3.8) is 0 Å². The number of aryl methyl sites for hydroxylation is 1. The monoisotopic (exact) mass is 279 g/mol. The van der Waals surface area contributed by atoms with Crippen molar-refractivity contribution in [3.8, 4) is 17.2 Å². The summed E-state index contributed by atoms with van der Waals surface area (Å²) in [6.07, 6.45) is 2.55. The molecule has 21 heavy (non-hydrogen) atoms. The van der Waals surface area contributed by atoms with Crippen molar-refractivity contribution in [1.82, 2.24) is 4.98 Å². The van der Waals surface area contributed by atoms with Crippen LogP contribution < -0.4 is 4.74 Å². The highest BCUT2D eigenvalue weighted by atomic mass is 16.5. The Labute approximate surface area is 124 Å². The smallest absolute Gasteiger partial charge is 0.226 e. The predicted molar refractivity (Wildman–Crippen MR) is 82.5 cm³/mol. The molecule has 3 aromatic rings. The van der Waals surface area contributed by atoms with Gasteiger partial charge in [0.15, 0.2) is 0 Å². The van der Waals surface area contributed by atoms with Crippen LogP contribution in [0.5, 0.6) is 5.75 Å². The zero-order valence-electron chi connectivity index (χ0n) is 12.2. The Morgan fingerprint density at radius 3 is 2.62 bits per heavy atom. The maximum absolute atomic E-state index is 5.84. The van der Waals surface area contributed by atoms with Crippen molar-refractivity contribution in [3.05, 3.63) is 71.6 Å². The molecule has 0 amide bonds. The fraction of sp³-hybridized carbons (Fsp3) is 0.167. The molecule has 0 fully saturated rings. The highest BCUT2D eigenvalue weighted by molar-refractivity contribution is 5.54. The lowest BCUT2D eigenvalue weighted by Crippen LogP contribution is -1.86. The molecule has 1 aromatic heterocycles. The van der Waals surface area contributed by atoms with Gasteiger partial charge in [-0.2, -0.15) is 0 Å². The summed E-state index contributed by atoms with van der Waals surface area (Å²) in [5.74, 6) is 2.33. The lowest BCUT2D eigenvalue weighted by Gasteiger charge is -2.01. The minimum Gasteiger partial charge on any atom is -0.497 e. The number of oxazole rings is 1. The Kier molecular flexibility index (Phi) is 3.73. The molecule has 106 valence electrons. The van der Waals surface area contributed by atoms with Crippen LogP contribution in [0, 0.1) is 6.92 Å². The Morgan fingerprint density at radius 1 is 1.10 bits per heavy atom. The number of methoxy groups -OCH3 is 1. The van der Waals surface area contributed by atoms with Gasteiger partial charge in [-0.05, 0) is 36.8 Å². The van der Waals surface area contributed by atoms with E-state index in [9.17, 15) is 0 Å². The van der Waals surface area contributed by atoms with E-state index < -0.39 is 0 Å². The van der Waals surface area contributed by atoms with Crippen LogP contribution in [0.1, 0.15) is 16.9 Å². The van der Waals surface area contributed by atoms with E-state index in [1.807, 2.05) is 24.3 Å². The zero-order valence-corrected chi connectivity index (χ0v) is 12.2. The number of aromatic nitrogens is 1. The number of rotatable bonds is 4. The van der Waals surface area contributed by atoms with Gasteiger partial charge in [0, 0.05) is 12.0 Å².